The number of ether oxygens (including phenoxy) is 1. The molecule has 1 N–H and O–H groups in total. The fraction of sp³-hybridized carbons (Fsp3) is 0.467. The summed E-state index contributed by atoms with van der Waals surface area (Å²) in [7, 11) is 0. The van der Waals surface area contributed by atoms with E-state index in [1.165, 1.54) is 19.3 Å². The lowest BCUT2D eigenvalue weighted by Crippen LogP contribution is -2.21. The third kappa shape index (κ3) is 2.67. The first-order valence-electron chi connectivity index (χ1n) is 6.74. The van der Waals surface area contributed by atoms with Crippen molar-refractivity contribution in [1.82, 2.24) is 0 Å². The van der Waals surface area contributed by atoms with Crippen molar-refractivity contribution in [2.24, 2.45) is 0 Å². The SMILES string of the molecule is c1cc2ccc(NCCC3CCCCO3)cc2o1. The van der Waals surface area contributed by atoms with Gasteiger partial charge in [0.2, 0.25) is 0 Å². The predicted molar refractivity (Wildman–Crippen MR) is 72.9 cm³/mol. The molecule has 3 nitrogen and oxygen atoms in total. The van der Waals surface area contributed by atoms with Crippen LogP contribution in [0.1, 0.15) is 25.7 Å². The van der Waals surface area contributed by atoms with Crippen LogP contribution in [0.5, 0.6) is 0 Å². The summed E-state index contributed by atoms with van der Waals surface area (Å²) < 4.78 is 11.1. The molecule has 0 saturated carbocycles. The van der Waals surface area contributed by atoms with E-state index >= 15 is 0 Å². The molecular formula is C15H19NO2. The molecule has 3 heteroatoms. The second kappa shape index (κ2) is 5.44. The summed E-state index contributed by atoms with van der Waals surface area (Å²) in [5.74, 6) is 0. The van der Waals surface area contributed by atoms with E-state index in [1.54, 1.807) is 6.26 Å². The highest BCUT2D eigenvalue weighted by atomic mass is 16.5. The van der Waals surface area contributed by atoms with Gasteiger partial charge in [0.05, 0.1) is 12.4 Å². The summed E-state index contributed by atoms with van der Waals surface area (Å²) >= 11 is 0. The molecule has 2 heterocycles. The van der Waals surface area contributed by atoms with Gasteiger partial charge in [0.1, 0.15) is 5.58 Å². The van der Waals surface area contributed by atoms with Crippen LogP contribution < -0.4 is 5.32 Å². The van der Waals surface area contributed by atoms with Crippen LogP contribution in [0.2, 0.25) is 0 Å². The first-order chi connectivity index (χ1) is 8.92. The average Bonchev–Trinajstić information content (AvgIpc) is 2.87. The van der Waals surface area contributed by atoms with Crippen LogP contribution in [0.25, 0.3) is 11.0 Å². The number of hydrogen-bond donors (Lipinski definition) is 1. The second-order valence-corrected chi connectivity index (χ2v) is 4.88. The smallest absolute Gasteiger partial charge is 0.135 e. The van der Waals surface area contributed by atoms with Gasteiger partial charge in [-0.05, 0) is 43.9 Å². The van der Waals surface area contributed by atoms with Gasteiger partial charge in [-0.25, -0.2) is 0 Å². The topological polar surface area (TPSA) is 34.4 Å². The summed E-state index contributed by atoms with van der Waals surface area (Å²) in [6.07, 6.45) is 6.99. The lowest BCUT2D eigenvalue weighted by Gasteiger charge is -2.22. The maximum absolute atomic E-state index is 5.72. The quantitative estimate of drug-likeness (QED) is 0.889. The van der Waals surface area contributed by atoms with Crippen LogP contribution in [0, 0.1) is 0 Å². The van der Waals surface area contributed by atoms with Crippen molar-refractivity contribution < 1.29 is 9.15 Å². The minimum Gasteiger partial charge on any atom is -0.464 e. The van der Waals surface area contributed by atoms with E-state index in [0.717, 1.165) is 36.2 Å². The van der Waals surface area contributed by atoms with Gasteiger partial charge >= 0.3 is 0 Å². The number of rotatable bonds is 4. The summed E-state index contributed by atoms with van der Waals surface area (Å²) in [6.45, 7) is 1.89. The summed E-state index contributed by atoms with van der Waals surface area (Å²) in [4.78, 5) is 0. The van der Waals surface area contributed by atoms with Crippen molar-refractivity contribution in [3.05, 3.63) is 30.5 Å². The van der Waals surface area contributed by atoms with E-state index in [0.29, 0.717) is 6.10 Å². The molecule has 1 aliphatic heterocycles. The zero-order valence-corrected chi connectivity index (χ0v) is 10.5. The fourth-order valence-electron chi connectivity index (χ4n) is 2.48. The Balaban J connectivity index is 1.52. The molecule has 1 aliphatic rings. The zero-order valence-electron chi connectivity index (χ0n) is 10.5. The van der Waals surface area contributed by atoms with Crippen LogP contribution in [0.3, 0.4) is 0 Å². The van der Waals surface area contributed by atoms with Gasteiger partial charge in [-0.3, -0.25) is 0 Å². The number of fused-ring (bicyclic) bond motifs is 1. The van der Waals surface area contributed by atoms with Gasteiger partial charge in [0.25, 0.3) is 0 Å². The van der Waals surface area contributed by atoms with Gasteiger partial charge in [0, 0.05) is 30.3 Å². The van der Waals surface area contributed by atoms with Crippen molar-refractivity contribution in [3.8, 4) is 0 Å². The first kappa shape index (κ1) is 11.6. The Bertz CT molecular complexity index is 500. The molecular weight excluding hydrogens is 226 g/mol. The predicted octanol–water partition coefficient (Wildman–Crippen LogP) is 3.80. The molecule has 0 aliphatic carbocycles. The van der Waals surface area contributed by atoms with Gasteiger partial charge in [0.15, 0.2) is 0 Å². The molecule has 1 fully saturated rings. The number of anilines is 1. The van der Waals surface area contributed by atoms with Crippen LogP contribution >= 0.6 is 0 Å². The zero-order chi connectivity index (χ0) is 12.2. The number of benzene rings is 1. The van der Waals surface area contributed by atoms with Crippen molar-refractivity contribution in [1.29, 1.82) is 0 Å². The number of hydrogen-bond acceptors (Lipinski definition) is 3. The third-order valence-electron chi connectivity index (χ3n) is 3.53. The molecule has 0 amide bonds. The Kier molecular flexibility index (Phi) is 3.51. The molecule has 1 aromatic carbocycles. The number of nitrogens with one attached hydrogen (secondary N) is 1. The van der Waals surface area contributed by atoms with Crippen LogP contribution in [-0.4, -0.2) is 19.3 Å². The maximum Gasteiger partial charge on any atom is 0.135 e. The number of furan rings is 1. The monoisotopic (exact) mass is 245 g/mol. The third-order valence-corrected chi connectivity index (χ3v) is 3.53. The minimum absolute atomic E-state index is 0.443. The molecule has 1 aromatic heterocycles. The van der Waals surface area contributed by atoms with Gasteiger partial charge in [-0.2, -0.15) is 0 Å². The molecule has 0 spiro atoms. The second-order valence-electron chi connectivity index (χ2n) is 4.88. The van der Waals surface area contributed by atoms with Crippen molar-refractivity contribution in [2.45, 2.75) is 31.8 Å². The average molecular weight is 245 g/mol. The van der Waals surface area contributed by atoms with Crippen LogP contribution in [-0.2, 0) is 4.74 Å². The Labute approximate surface area is 107 Å². The molecule has 1 atom stereocenters. The molecule has 0 bridgehead atoms. The summed E-state index contributed by atoms with van der Waals surface area (Å²) in [5, 5.41) is 4.58. The fourth-order valence-corrected chi connectivity index (χ4v) is 2.48. The van der Waals surface area contributed by atoms with Gasteiger partial charge in [-0.15, -0.1) is 0 Å². The minimum atomic E-state index is 0.443. The van der Waals surface area contributed by atoms with E-state index in [2.05, 4.69) is 23.5 Å². The first-order valence-corrected chi connectivity index (χ1v) is 6.74. The molecule has 0 radical (unpaired) electrons. The van der Waals surface area contributed by atoms with Gasteiger partial charge < -0.3 is 14.5 Å². The Morgan fingerprint density at radius 2 is 2.22 bits per heavy atom. The van der Waals surface area contributed by atoms with Crippen LogP contribution in [0.15, 0.2) is 34.9 Å². The largest absolute Gasteiger partial charge is 0.464 e. The highest BCUT2D eigenvalue weighted by Gasteiger charge is 2.12. The normalized spacial score (nSPS) is 20.1. The lowest BCUT2D eigenvalue weighted by molar-refractivity contribution is 0.0134. The standard InChI is InChI=1S/C15H19NO2/c1-2-9-17-14(3-1)6-8-16-13-5-4-12-7-10-18-15(12)11-13/h4-5,7,10-11,14,16H,1-3,6,8-9H2. The molecule has 96 valence electrons. The highest BCUT2D eigenvalue weighted by molar-refractivity contribution is 5.80. The maximum atomic E-state index is 5.72. The van der Waals surface area contributed by atoms with Gasteiger partial charge in [-0.1, -0.05) is 0 Å². The summed E-state index contributed by atoms with van der Waals surface area (Å²) in [6, 6.07) is 8.21. The van der Waals surface area contributed by atoms with Crippen molar-refractivity contribution in [3.63, 3.8) is 0 Å². The van der Waals surface area contributed by atoms with E-state index in [-0.39, 0.29) is 0 Å². The van der Waals surface area contributed by atoms with Crippen LogP contribution in [0.4, 0.5) is 5.69 Å². The Hall–Kier alpha value is -1.48. The lowest BCUT2D eigenvalue weighted by atomic mass is 10.1. The molecule has 18 heavy (non-hydrogen) atoms. The van der Waals surface area contributed by atoms with Crippen molar-refractivity contribution in [2.75, 3.05) is 18.5 Å². The Morgan fingerprint density at radius 3 is 3.11 bits per heavy atom. The molecule has 1 unspecified atom stereocenters. The van der Waals surface area contributed by atoms with E-state index < -0.39 is 0 Å². The summed E-state index contributed by atoms with van der Waals surface area (Å²) in [5.41, 5.74) is 2.06. The Morgan fingerprint density at radius 1 is 1.22 bits per heavy atom. The van der Waals surface area contributed by atoms with E-state index in [9.17, 15) is 0 Å². The molecule has 3 rings (SSSR count). The van der Waals surface area contributed by atoms with E-state index in [4.69, 9.17) is 9.15 Å². The van der Waals surface area contributed by atoms with Crippen molar-refractivity contribution >= 4 is 16.7 Å². The molecule has 2 aromatic rings. The molecule has 1 saturated heterocycles. The van der Waals surface area contributed by atoms with E-state index in [1.807, 2.05) is 6.07 Å². The highest BCUT2D eigenvalue weighted by Crippen LogP contribution is 2.20.